The fourth-order valence-electron chi connectivity index (χ4n) is 1.37. The highest BCUT2D eigenvalue weighted by Crippen LogP contribution is 2.07. The first-order valence-electron chi connectivity index (χ1n) is 6.11. The standard InChI is InChI=1S/C13H19ClN2O2/c1-10(2)18-8-4-3-6-16-13(17)12-9-11(14)5-7-15-12/h5,7,9-10H,3-4,6,8H2,1-2H3,(H,16,17). The molecular formula is C13H19ClN2O2. The molecule has 0 unspecified atom stereocenters. The summed E-state index contributed by atoms with van der Waals surface area (Å²) in [5, 5.41) is 3.31. The molecule has 0 aromatic carbocycles. The molecule has 0 aliphatic heterocycles. The Morgan fingerprint density at radius 3 is 2.94 bits per heavy atom. The SMILES string of the molecule is CC(C)OCCCCNC(=O)c1cc(Cl)ccn1. The second kappa shape index (κ2) is 8.06. The van der Waals surface area contributed by atoms with Crippen LogP contribution in [-0.4, -0.2) is 30.1 Å². The van der Waals surface area contributed by atoms with Gasteiger partial charge in [-0.05, 0) is 38.8 Å². The Kier molecular flexibility index (Phi) is 6.68. The van der Waals surface area contributed by atoms with Gasteiger partial charge in [-0.3, -0.25) is 9.78 Å². The van der Waals surface area contributed by atoms with E-state index in [1.165, 1.54) is 6.20 Å². The molecule has 0 bridgehead atoms. The summed E-state index contributed by atoms with van der Waals surface area (Å²) < 4.78 is 5.41. The van der Waals surface area contributed by atoms with Crippen molar-refractivity contribution in [1.29, 1.82) is 0 Å². The van der Waals surface area contributed by atoms with Crippen molar-refractivity contribution >= 4 is 17.5 Å². The molecule has 0 fully saturated rings. The fourth-order valence-corrected chi connectivity index (χ4v) is 1.53. The van der Waals surface area contributed by atoms with E-state index in [0.29, 0.717) is 17.3 Å². The van der Waals surface area contributed by atoms with Crippen molar-refractivity contribution in [1.82, 2.24) is 10.3 Å². The predicted molar refractivity (Wildman–Crippen MR) is 71.9 cm³/mol. The van der Waals surface area contributed by atoms with Gasteiger partial charge in [-0.25, -0.2) is 0 Å². The molecule has 1 rings (SSSR count). The number of ether oxygens (including phenoxy) is 1. The molecule has 1 amide bonds. The Morgan fingerprint density at radius 2 is 2.28 bits per heavy atom. The van der Waals surface area contributed by atoms with Gasteiger partial charge in [0.15, 0.2) is 0 Å². The molecule has 0 spiro atoms. The molecule has 1 aromatic rings. The van der Waals surface area contributed by atoms with Crippen molar-refractivity contribution in [2.45, 2.75) is 32.8 Å². The number of nitrogens with one attached hydrogen (secondary N) is 1. The Bertz CT molecular complexity index is 383. The first-order valence-corrected chi connectivity index (χ1v) is 6.48. The summed E-state index contributed by atoms with van der Waals surface area (Å²) in [7, 11) is 0. The minimum Gasteiger partial charge on any atom is -0.379 e. The fraction of sp³-hybridized carbons (Fsp3) is 0.538. The monoisotopic (exact) mass is 270 g/mol. The third-order valence-electron chi connectivity index (χ3n) is 2.26. The Morgan fingerprint density at radius 1 is 1.50 bits per heavy atom. The zero-order valence-electron chi connectivity index (χ0n) is 10.8. The summed E-state index contributed by atoms with van der Waals surface area (Å²) in [6.45, 7) is 5.36. The van der Waals surface area contributed by atoms with E-state index in [4.69, 9.17) is 16.3 Å². The lowest BCUT2D eigenvalue weighted by atomic mass is 10.3. The van der Waals surface area contributed by atoms with Gasteiger partial charge in [0.05, 0.1) is 6.10 Å². The smallest absolute Gasteiger partial charge is 0.269 e. The quantitative estimate of drug-likeness (QED) is 0.775. The maximum Gasteiger partial charge on any atom is 0.269 e. The van der Waals surface area contributed by atoms with Crippen molar-refractivity contribution in [2.24, 2.45) is 0 Å². The lowest BCUT2D eigenvalue weighted by molar-refractivity contribution is 0.0754. The first-order chi connectivity index (χ1) is 8.59. The number of aromatic nitrogens is 1. The van der Waals surface area contributed by atoms with E-state index in [2.05, 4.69) is 10.3 Å². The van der Waals surface area contributed by atoms with E-state index in [1.54, 1.807) is 12.1 Å². The van der Waals surface area contributed by atoms with E-state index < -0.39 is 0 Å². The summed E-state index contributed by atoms with van der Waals surface area (Å²) in [5.74, 6) is -0.192. The van der Waals surface area contributed by atoms with Gasteiger partial charge in [0.25, 0.3) is 5.91 Å². The molecule has 1 heterocycles. The van der Waals surface area contributed by atoms with Gasteiger partial charge in [0.2, 0.25) is 0 Å². The second-order valence-electron chi connectivity index (χ2n) is 4.24. The van der Waals surface area contributed by atoms with Crippen molar-refractivity contribution in [3.8, 4) is 0 Å². The number of carbonyl (C=O) groups is 1. The Balaban J connectivity index is 2.18. The van der Waals surface area contributed by atoms with Crippen LogP contribution < -0.4 is 5.32 Å². The van der Waals surface area contributed by atoms with E-state index in [9.17, 15) is 4.79 Å². The highest BCUT2D eigenvalue weighted by atomic mass is 35.5. The van der Waals surface area contributed by atoms with Crippen LogP contribution in [0.1, 0.15) is 37.2 Å². The number of carbonyl (C=O) groups excluding carboxylic acids is 1. The molecule has 18 heavy (non-hydrogen) atoms. The zero-order chi connectivity index (χ0) is 13.4. The van der Waals surface area contributed by atoms with Crippen LogP contribution in [0.3, 0.4) is 0 Å². The van der Waals surface area contributed by atoms with Crippen LogP contribution in [0.15, 0.2) is 18.3 Å². The van der Waals surface area contributed by atoms with E-state index in [1.807, 2.05) is 13.8 Å². The van der Waals surface area contributed by atoms with Crippen LogP contribution in [0.4, 0.5) is 0 Å². The van der Waals surface area contributed by atoms with Crippen molar-refractivity contribution < 1.29 is 9.53 Å². The highest BCUT2D eigenvalue weighted by molar-refractivity contribution is 6.30. The average molecular weight is 271 g/mol. The van der Waals surface area contributed by atoms with E-state index >= 15 is 0 Å². The van der Waals surface area contributed by atoms with Gasteiger partial charge >= 0.3 is 0 Å². The topological polar surface area (TPSA) is 51.2 Å². The van der Waals surface area contributed by atoms with Gasteiger partial charge in [-0.15, -0.1) is 0 Å². The number of hydrogen-bond acceptors (Lipinski definition) is 3. The molecule has 0 saturated carbocycles. The van der Waals surface area contributed by atoms with Crippen LogP contribution >= 0.6 is 11.6 Å². The molecule has 4 nitrogen and oxygen atoms in total. The molecule has 0 aliphatic carbocycles. The number of hydrogen-bond donors (Lipinski definition) is 1. The maximum absolute atomic E-state index is 11.7. The third kappa shape index (κ3) is 5.98. The van der Waals surface area contributed by atoms with E-state index in [0.717, 1.165) is 19.4 Å². The highest BCUT2D eigenvalue weighted by Gasteiger charge is 2.06. The number of nitrogens with zero attached hydrogens (tertiary/aromatic N) is 1. The maximum atomic E-state index is 11.7. The van der Waals surface area contributed by atoms with Gasteiger partial charge < -0.3 is 10.1 Å². The van der Waals surface area contributed by atoms with Crippen LogP contribution in [0.2, 0.25) is 5.02 Å². The van der Waals surface area contributed by atoms with Crippen LogP contribution in [0.5, 0.6) is 0 Å². The second-order valence-corrected chi connectivity index (χ2v) is 4.68. The number of pyridine rings is 1. The third-order valence-corrected chi connectivity index (χ3v) is 2.50. The molecule has 1 N–H and O–H groups in total. The number of halogens is 1. The number of amides is 1. The van der Waals surface area contributed by atoms with Crippen molar-refractivity contribution in [3.05, 3.63) is 29.0 Å². The number of rotatable bonds is 7. The van der Waals surface area contributed by atoms with Gasteiger partial charge in [-0.1, -0.05) is 11.6 Å². The largest absolute Gasteiger partial charge is 0.379 e. The molecule has 5 heteroatoms. The summed E-state index contributed by atoms with van der Waals surface area (Å²) in [6.07, 6.45) is 3.60. The van der Waals surface area contributed by atoms with Crippen LogP contribution in [-0.2, 0) is 4.74 Å². The molecule has 0 aliphatic rings. The zero-order valence-corrected chi connectivity index (χ0v) is 11.5. The lowest BCUT2D eigenvalue weighted by Gasteiger charge is -2.07. The summed E-state index contributed by atoms with van der Waals surface area (Å²) in [4.78, 5) is 15.6. The van der Waals surface area contributed by atoms with Gasteiger partial charge in [-0.2, -0.15) is 0 Å². The molecular weight excluding hydrogens is 252 g/mol. The number of unbranched alkanes of at least 4 members (excludes halogenated alkanes) is 1. The normalized spacial score (nSPS) is 10.7. The predicted octanol–water partition coefficient (Wildman–Crippen LogP) is 2.67. The minimum absolute atomic E-state index is 0.192. The van der Waals surface area contributed by atoms with E-state index in [-0.39, 0.29) is 12.0 Å². The summed E-state index contributed by atoms with van der Waals surface area (Å²) >= 11 is 5.78. The Hall–Kier alpha value is -1.13. The molecule has 1 aromatic heterocycles. The molecule has 0 saturated heterocycles. The lowest BCUT2D eigenvalue weighted by Crippen LogP contribution is -2.25. The van der Waals surface area contributed by atoms with Crippen molar-refractivity contribution in [3.63, 3.8) is 0 Å². The summed E-state index contributed by atoms with van der Waals surface area (Å²) in [6, 6.07) is 3.19. The van der Waals surface area contributed by atoms with Crippen LogP contribution in [0.25, 0.3) is 0 Å². The van der Waals surface area contributed by atoms with Crippen molar-refractivity contribution in [2.75, 3.05) is 13.2 Å². The molecule has 100 valence electrons. The molecule has 0 atom stereocenters. The van der Waals surface area contributed by atoms with Gasteiger partial charge in [0, 0.05) is 24.4 Å². The van der Waals surface area contributed by atoms with Gasteiger partial charge in [0.1, 0.15) is 5.69 Å². The average Bonchev–Trinajstić information content (AvgIpc) is 2.33. The minimum atomic E-state index is -0.192. The Labute approximate surface area is 113 Å². The first kappa shape index (κ1) is 14.9. The molecule has 0 radical (unpaired) electrons. The van der Waals surface area contributed by atoms with Crippen LogP contribution in [0, 0.1) is 0 Å². The summed E-state index contributed by atoms with van der Waals surface area (Å²) in [5.41, 5.74) is 0.348.